The fourth-order valence-electron chi connectivity index (χ4n) is 5.72. The van der Waals surface area contributed by atoms with Crippen molar-refractivity contribution in [2.45, 2.75) is 25.7 Å². The first-order valence-corrected chi connectivity index (χ1v) is 13.1. The van der Waals surface area contributed by atoms with Crippen molar-refractivity contribution in [3.63, 3.8) is 0 Å². The fraction of sp³-hybridized carbons (Fsp3) is 0.310. The predicted octanol–water partition coefficient (Wildman–Crippen LogP) is 4.94. The molecular weight excluding hydrogens is 460 g/mol. The number of aromatic amines is 1. The molecule has 186 valence electrons. The molecule has 2 aromatic carbocycles. The molecule has 1 fully saturated rings. The first-order chi connectivity index (χ1) is 18.2. The van der Waals surface area contributed by atoms with E-state index in [0.717, 1.165) is 78.6 Å². The van der Waals surface area contributed by atoms with Crippen LogP contribution in [0.2, 0.25) is 0 Å². The Morgan fingerprint density at radius 1 is 0.811 bits per heavy atom. The Bertz CT molecular complexity index is 1560. The molecule has 8 heteroatoms. The summed E-state index contributed by atoms with van der Waals surface area (Å²) in [6.45, 7) is 4.01. The van der Waals surface area contributed by atoms with Gasteiger partial charge in [-0.3, -0.25) is 5.10 Å². The summed E-state index contributed by atoms with van der Waals surface area (Å²) in [6.07, 6.45) is 10.3. The number of piperazine rings is 1. The van der Waals surface area contributed by atoms with E-state index in [0.29, 0.717) is 0 Å². The second-order valence-corrected chi connectivity index (χ2v) is 10.2. The molecule has 0 atom stereocenters. The molecule has 7 rings (SSSR count). The SMILES string of the molecule is CN1CCN(c2ncc(Nc3ccc(-c4nc5ccc6[nH]ncc6c5c5c4CCCC5)cc3)cn2)CC1. The molecule has 0 unspecified atom stereocenters. The molecule has 0 amide bonds. The molecule has 3 aromatic heterocycles. The van der Waals surface area contributed by atoms with Crippen LogP contribution in [-0.4, -0.2) is 63.3 Å². The molecule has 0 saturated carbocycles. The molecule has 37 heavy (non-hydrogen) atoms. The molecule has 2 aliphatic rings. The van der Waals surface area contributed by atoms with E-state index in [1.54, 1.807) is 0 Å². The van der Waals surface area contributed by atoms with Crippen LogP contribution >= 0.6 is 0 Å². The summed E-state index contributed by atoms with van der Waals surface area (Å²) < 4.78 is 0. The summed E-state index contributed by atoms with van der Waals surface area (Å²) in [6, 6.07) is 12.8. The highest BCUT2D eigenvalue weighted by molar-refractivity contribution is 6.07. The third-order valence-corrected chi connectivity index (χ3v) is 7.76. The normalized spacial score (nSPS) is 16.3. The summed E-state index contributed by atoms with van der Waals surface area (Å²) in [5.74, 6) is 0.800. The zero-order valence-corrected chi connectivity index (χ0v) is 21.0. The number of benzene rings is 2. The second kappa shape index (κ2) is 9.12. The lowest BCUT2D eigenvalue weighted by Gasteiger charge is -2.32. The molecule has 2 N–H and O–H groups in total. The Morgan fingerprint density at radius 3 is 2.35 bits per heavy atom. The van der Waals surface area contributed by atoms with Gasteiger partial charge in [-0.15, -0.1) is 0 Å². The lowest BCUT2D eigenvalue weighted by molar-refractivity contribution is 0.311. The number of rotatable bonds is 4. The average molecular weight is 491 g/mol. The summed E-state index contributed by atoms with van der Waals surface area (Å²) in [7, 11) is 2.15. The topological polar surface area (TPSA) is 85.9 Å². The zero-order chi connectivity index (χ0) is 24.8. The Labute approximate surface area is 215 Å². The van der Waals surface area contributed by atoms with Crippen LogP contribution in [0.15, 0.2) is 55.0 Å². The maximum atomic E-state index is 5.17. The van der Waals surface area contributed by atoms with E-state index in [-0.39, 0.29) is 0 Å². The van der Waals surface area contributed by atoms with Crippen molar-refractivity contribution in [1.29, 1.82) is 0 Å². The van der Waals surface area contributed by atoms with Gasteiger partial charge in [0, 0.05) is 48.2 Å². The van der Waals surface area contributed by atoms with Gasteiger partial charge < -0.3 is 15.1 Å². The van der Waals surface area contributed by atoms with Crippen molar-refractivity contribution < 1.29 is 0 Å². The minimum absolute atomic E-state index is 0.800. The van der Waals surface area contributed by atoms with Crippen LogP contribution in [0.4, 0.5) is 17.3 Å². The van der Waals surface area contributed by atoms with Gasteiger partial charge in [-0.1, -0.05) is 12.1 Å². The van der Waals surface area contributed by atoms with Gasteiger partial charge in [0.25, 0.3) is 0 Å². The van der Waals surface area contributed by atoms with Crippen LogP contribution in [0, 0.1) is 0 Å². The van der Waals surface area contributed by atoms with Gasteiger partial charge in [0.15, 0.2) is 0 Å². The van der Waals surface area contributed by atoms with E-state index in [2.05, 4.69) is 78.7 Å². The molecule has 0 spiro atoms. The number of hydrogen-bond acceptors (Lipinski definition) is 7. The highest BCUT2D eigenvalue weighted by atomic mass is 15.3. The number of aromatic nitrogens is 5. The van der Waals surface area contributed by atoms with E-state index >= 15 is 0 Å². The predicted molar refractivity (Wildman–Crippen MR) is 148 cm³/mol. The molecule has 8 nitrogen and oxygen atoms in total. The lowest BCUT2D eigenvalue weighted by Crippen LogP contribution is -2.45. The van der Waals surface area contributed by atoms with E-state index in [1.165, 1.54) is 34.7 Å². The molecule has 0 bridgehead atoms. The van der Waals surface area contributed by atoms with Gasteiger partial charge in [0.2, 0.25) is 5.95 Å². The van der Waals surface area contributed by atoms with Gasteiger partial charge in [0.05, 0.1) is 41.0 Å². The van der Waals surface area contributed by atoms with Crippen molar-refractivity contribution in [3.05, 3.63) is 66.1 Å². The first kappa shape index (κ1) is 22.2. The number of anilines is 3. The van der Waals surface area contributed by atoms with Crippen LogP contribution in [0.3, 0.4) is 0 Å². The summed E-state index contributed by atoms with van der Waals surface area (Å²) in [5, 5.41) is 13.3. The third kappa shape index (κ3) is 4.07. The number of likely N-dealkylation sites (N-methyl/N-ethyl adjacent to an activating group) is 1. The van der Waals surface area contributed by atoms with Crippen molar-refractivity contribution >= 4 is 39.1 Å². The number of nitrogens with zero attached hydrogens (tertiary/aromatic N) is 6. The van der Waals surface area contributed by atoms with Gasteiger partial charge >= 0.3 is 0 Å². The molecule has 5 aromatic rings. The third-order valence-electron chi connectivity index (χ3n) is 7.76. The highest BCUT2D eigenvalue weighted by Gasteiger charge is 2.21. The van der Waals surface area contributed by atoms with Crippen molar-refractivity contribution in [1.82, 2.24) is 30.0 Å². The molecular formula is C29H30N8. The Morgan fingerprint density at radius 2 is 1.57 bits per heavy atom. The van der Waals surface area contributed by atoms with Crippen molar-refractivity contribution in [3.8, 4) is 11.3 Å². The quantitative estimate of drug-likeness (QED) is 0.369. The summed E-state index contributed by atoms with van der Waals surface area (Å²) >= 11 is 0. The molecule has 1 saturated heterocycles. The average Bonchev–Trinajstić information content (AvgIpc) is 3.43. The largest absolute Gasteiger partial charge is 0.353 e. The van der Waals surface area contributed by atoms with Gasteiger partial charge in [0.1, 0.15) is 0 Å². The molecule has 0 radical (unpaired) electrons. The molecule has 1 aliphatic carbocycles. The minimum Gasteiger partial charge on any atom is -0.353 e. The van der Waals surface area contributed by atoms with Gasteiger partial charge in [-0.25, -0.2) is 15.0 Å². The van der Waals surface area contributed by atoms with E-state index in [4.69, 9.17) is 4.98 Å². The fourth-order valence-corrected chi connectivity index (χ4v) is 5.72. The number of aryl methyl sites for hydroxylation is 1. The van der Waals surface area contributed by atoms with Gasteiger partial charge in [-0.2, -0.15) is 5.10 Å². The molecule has 1 aliphatic heterocycles. The van der Waals surface area contributed by atoms with Crippen LogP contribution in [0.25, 0.3) is 33.1 Å². The van der Waals surface area contributed by atoms with Crippen LogP contribution in [0.1, 0.15) is 24.0 Å². The smallest absolute Gasteiger partial charge is 0.225 e. The van der Waals surface area contributed by atoms with Crippen molar-refractivity contribution in [2.75, 3.05) is 43.4 Å². The summed E-state index contributed by atoms with van der Waals surface area (Å²) in [4.78, 5) is 18.9. The zero-order valence-electron chi connectivity index (χ0n) is 21.0. The van der Waals surface area contributed by atoms with Crippen LogP contribution in [0.5, 0.6) is 0 Å². The van der Waals surface area contributed by atoms with Crippen LogP contribution < -0.4 is 10.2 Å². The maximum Gasteiger partial charge on any atom is 0.225 e. The Balaban J connectivity index is 1.16. The van der Waals surface area contributed by atoms with Crippen LogP contribution in [-0.2, 0) is 12.8 Å². The molecule has 4 heterocycles. The minimum atomic E-state index is 0.800. The number of H-pyrrole nitrogens is 1. The van der Waals surface area contributed by atoms with Gasteiger partial charge in [-0.05, 0) is 68.1 Å². The second-order valence-electron chi connectivity index (χ2n) is 10.2. The number of pyridine rings is 1. The van der Waals surface area contributed by atoms with E-state index in [9.17, 15) is 0 Å². The monoisotopic (exact) mass is 490 g/mol. The maximum absolute atomic E-state index is 5.17. The van der Waals surface area contributed by atoms with Crippen molar-refractivity contribution in [2.24, 2.45) is 0 Å². The Kier molecular flexibility index (Phi) is 5.47. The lowest BCUT2D eigenvalue weighted by atomic mass is 9.85. The number of hydrogen-bond donors (Lipinski definition) is 2. The number of fused-ring (bicyclic) bond motifs is 5. The highest BCUT2D eigenvalue weighted by Crippen LogP contribution is 2.38. The Hall–Kier alpha value is -4.04. The number of nitrogens with one attached hydrogen (secondary N) is 2. The summed E-state index contributed by atoms with van der Waals surface area (Å²) in [5.41, 5.74) is 9.11. The first-order valence-electron chi connectivity index (χ1n) is 13.1. The van der Waals surface area contributed by atoms with E-state index < -0.39 is 0 Å². The standard InChI is InChI=1S/C29H30N8/c1-36-12-14-37(15-13-36)29-30-16-21(17-31-29)33-20-8-6-19(7-9-20)28-23-5-3-2-4-22(23)27-24-18-32-35-25(24)10-11-26(27)34-28/h6-11,16-18,33H,2-5,12-15H2,1H3,(H,32,35). The van der Waals surface area contributed by atoms with E-state index in [1.807, 2.05) is 18.6 Å².